The number of benzene rings is 1. The molecule has 1 fully saturated rings. The van der Waals surface area contributed by atoms with E-state index >= 15 is 0 Å². The lowest BCUT2D eigenvalue weighted by Crippen LogP contribution is -2.35. The number of hydrogen-bond donors (Lipinski definition) is 2. The van der Waals surface area contributed by atoms with Crippen LogP contribution >= 0.6 is 0 Å². The van der Waals surface area contributed by atoms with E-state index in [2.05, 4.69) is 17.1 Å². The predicted molar refractivity (Wildman–Crippen MR) is 69.8 cm³/mol. The van der Waals surface area contributed by atoms with Gasteiger partial charge >= 0.3 is 0 Å². The Bertz CT molecular complexity index is 388. The van der Waals surface area contributed by atoms with Crippen LogP contribution in [0.2, 0.25) is 0 Å². The smallest absolute Gasteiger partial charge is 0.238 e. The number of rotatable bonds is 3. The van der Waals surface area contributed by atoms with Gasteiger partial charge in [0.1, 0.15) is 0 Å². The zero-order chi connectivity index (χ0) is 12.3. The van der Waals surface area contributed by atoms with E-state index in [4.69, 9.17) is 5.73 Å². The molecule has 1 aliphatic rings. The number of anilines is 2. The van der Waals surface area contributed by atoms with Crippen LogP contribution in [0.15, 0.2) is 24.3 Å². The Hall–Kier alpha value is -1.55. The zero-order valence-electron chi connectivity index (χ0n) is 10.1. The van der Waals surface area contributed by atoms with Crippen molar-refractivity contribution < 1.29 is 4.79 Å². The molecule has 1 aromatic carbocycles. The standard InChI is InChI=1S/C13H19N3O/c1-10-3-2-8-16(10)9-13(17)15-12-6-4-11(14)5-7-12/h4-7,10H,2-3,8-9,14H2,1H3,(H,15,17). The minimum Gasteiger partial charge on any atom is -0.399 e. The van der Waals surface area contributed by atoms with Gasteiger partial charge in [0.2, 0.25) is 5.91 Å². The molecule has 0 radical (unpaired) electrons. The van der Waals surface area contributed by atoms with E-state index in [1.165, 1.54) is 12.8 Å². The molecule has 4 heteroatoms. The zero-order valence-corrected chi connectivity index (χ0v) is 10.1. The number of nitrogens with one attached hydrogen (secondary N) is 1. The quantitative estimate of drug-likeness (QED) is 0.781. The van der Waals surface area contributed by atoms with Gasteiger partial charge in [0.15, 0.2) is 0 Å². The van der Waals surface area contributed by atoms with E-state index in [1.807, 2.05) is 12.1 Å². The second kappa shape index (κ2) is 5.19. The van der Waals surface area contributed by atoms with Crippen molar-refractivity contribution in [2.24, 2.45) is 0 Å². The first kappa shape index (κ1) is 11.9. The number of nitrogen functional groups attached to an aromatic ring is 1. The number of amides is 1. The van der Waals surface area contributed by atoms with Gasteiger partial charge in [-0.15, -0.1) is 0 Å². The van der Waals surface area contributed by atoms with Gasteiger partial charge in [-0.1, -0.05) is 0 Å². The largest absolute Gasteiger partial charge is 0.399 e. The third-order valence-electron chi connectivity index (χ3n) is 3.23. The Morgan fingerprint density at radius 3 is 2.76 bits per heavy atom. The number of nitrogens with zero attached hydrogens (tertiary/aromatic N) is 1. The fraction of sp³-hybridized carbons (Fsp3) is 0.462. The molecule has 0 bridgehead atoms. The summed E-state index contributed by atoms with van der Waals surface area (Å²) >= 11 is 0. The molecule has 1 saturated heterocycles. The Morgan fingerprint density at radius 2 is 2.18 bits per heavy atom. The first-order valence-electron chi connectivity index (χ1n) is 6.04. The van der Waals surface area contributed by atoms with Crippen LogP contribution in [-0.2, 0) is 4.79 Å². The van der Waals surface area contributed by atoms with Crippen molar-refractivity contribution in [2.75, 3.05) is 24.1 Å². The highest BCUT2D eigenvalue weighted by atomic mass is 16.2. The van der Waals surface area contributed by atoms with Crippen molar-refractivity contribution in [1.29, 1.82) is 0 Å². The molecule has 1 aliphatic heterocycles. The Morgan fingerprint density at radius 1 is 1.47 bits per heavy atom. The number of likely N-dealkylation sites (tertiary alicyclic amines) is 1. The summed E-state index contributed by atoms with van der Waals surface area (Å²) in [5.74, 6) is 0.0449. The molecule has 1 unspecified atom stereocenters. The van der Waals surface area contributed by atoms with Crippen molar-refractivity contribution >= 4 is 17.3 Å². The average molecular weight is 233 g/mol. The Balaban J connectivity index is 1.86. The lowest BCUT2D eigenvalue weighted by Gasteiger charge is -2.20. The van der Waals surface area contributed by atoms with Crippen LogP contribution in [0.5, 0.6) is 0 Å². The molecule has 1 amide bonds. The third-order valence-corrected chi connectivity index (χ3v) is 3.23. The molecule has 0 aliphatic carbocycles. The maximum Gasteiger partial charge on any atom is 0.238 e. The minimum atomic E-state index is 0.0449. The summed E-state index contributed by atoms with van der Waals surface area (Å²) < 4.78 is 0. The predicted octanol–water partition coefficient (Wildman–Crippen LogP) is 1.69. The van der Waals surface area contributed by atoms with E-state index < -0.39 is 0 Å². The topological polar surface area (TPSA) is 58.4 Å². The van der Waals surface area contributed by atoms with Gasteiger partial charge in [-0.05, 0) is 50.6 Å². The Kier molecular flexibility index (Phi) is 3.64. The van der Waals surface area contributed by atoms with Crippen molar-refractivity contribution in [1.82, 2.24) is 4.90 Å². The SMILES string of the molecule is CC1CCCN1CC(=O)Nc1ccc(N)cc1. The van der Waals surface area contributed by atoms with Crippen LogP contribution in [0.3, 0.4) is 0 Å². The summed E-state index contributed by atoms with van der Waals surface area (Å²) in [6, 6.07) is 7.73. The van der Waals surface area contributed by atoms with E-state index in [0.29, 0.717) is 18.3 Å². The normalized spacial score (nSPS) is 20.4. The second-order valence-corrected chi connectivity index (χ2v) is 4.63. The molecular weight excluding hydrogens is 214 g/mol. The summed E-state index contributed by atoms with van der Waals surface area (Å²) in [6.45, 7) is 3.67. The second-order valence-electron chi connectivity index (χ2n) is 4.63. The van der Waals surface area contributed by atoms with Gasteiger partial charge in [0.05, 0.1) is 6.54 Å². The summed E-state index contributed by atoms with van der Waals surface area (Å²) in [5, 5.41) is 2.88. The molecule has 3 N–H and O–H groups in total. The number of carbonyl (C=O) groups excluding carboxylic acids is 1. The summed E-state index contributed by atoms with van der Waals surface area (Å²) in [6.07, 6.45) is 2.38. The average Bonchev–Trinajstić information content (AvgIpc) is 2.68. The van der Waals surface area contributed by atoms with E-state index in [-0.39, 0.29) is 5.91 Å². The molecule has 0 spiro atoms. The van der Waals surface area contributed by atoms with Crippen LogP contribution in [0.1, 0.15) is 19.8 Å². The summed E-state index contributed by atoms with van der Waals surface area (Å²) in [5.41, 5.74) is 7.09. The van der Waals surface area contributed by atoms with E-state index in [1.54, 1.807) is 12.1 Å². The van der Waals surface area contributed by atoms with Gasteiger partial charge in [0, 0.05) is 17.4 Å². The first-order valence-corrected chi connectivity index (χ1v) is 6.04. The van der Waals surface area contributed by atoms with Crippen molar-refractivity contribution in [3.05, 3.63) is 24.3 Å². The fourth-order valence-electron chi connectivity index (χ4n) is 2.18. The van der Waals surface area contributed by atoms with E-state index in [9.17, 15) is 4.79 Å². The molecule has 4 nitrogen and oxygen atoms in total. The van der Waals surface area contributed by atoms with Gasteiger partial charge < -0.3 is 11.1 Å². The molecule has 1 atom stereocenters. The lowest BCUT2D eigenvalue weighted by atomic mass is 10.2. The van der Waals surface area contributed by atoms with Crippen LogP contribution in [0.25, 0.3) is 0 Å². The molecule has 92 valence electrons. The number of hydrogen-bond acceptors (Lipinski definition) is 3. The monoisotopic (exact) mass is 233 g/mol. The van der Waals surface area contributed by atoms with Crippen LogP contribution < -0.4 is 11.1 Å². The van der Waals surface area contributed by atoms with Gasteiger partial charge in [-0.2, -0.15) is 0 Å². The maximum absolute atomic E-state index is 11.8. The summed E-state index contributed by atoms with van der Waals surface area (Å²) in [4.78, 5) is 14.0. The molecular formula is C13H19N3O. The minimum absolute atomic E-state index is 0.0449. The highest BCUT2D eigenvalue weighted by Gasteiger charge is 2.22. The highest BCUT2D eigenvalue weighted by molar-refractivity contribution is 5.92. The van der Waals surface area contributed by atoms with Crippen molar-refractivity contribution in [2.45, 2.75) is 25.8 Å². The molecule has 1 aromatic rings. The van der Waals surface area contributed by atoms with Gasteiger partial charge in [-0.25, -0.2) is 0 Å². The Labute approximate surface area is 102 Å². The van der Waals surface area contributed by atoms with E-state index in [0.717, 1.165) is 12.2 Å². The number of nitrogens with two attached hydrogens (primary N) is 1. The molecule has 0 aromatic heterocycles. The third kappa shape index (κ3) is 3.20. The molecule has 17 heavy (non-hydrogen) atoms. The molecule has 2 rings (SSSR count). The fourth-order valence-corrected chi connectivity index (χ4v) is 2.18. The van der Waals surface area contributed by atoms with Crippen molar-refractivity contribution in [3.8, 4) is 0 Å². The highest BCUT2D eigenvalue weighted by Crippen LogP contribution is 2.16. The number of carbonyl (C=O) groups is 1. The molecule has 1 heterocycles. The summed E-state index contributed by atoms with van der Waals surface area (Å²) in [7, 11) is 0. The van der Waals surface area contributed by atoms with Gasteiger partial charge in [-0.3, -0.25) is 9.69 Å². The molecule has 0 saturated carbocycles. The van der Waals surface area contributed by atoms with Crippen LogP contribution in [-0.4, -0.2) is 29.9 Å². The van der Waals surface area contributed by atoms with Crippen molar-refractivity contribution in [3.63, 3.8) is 0 Å². The van der Waals surface area contributed by atoms with Gasteiger partial charge in [0.25, 0.3) is 0 Å². The first-order chi connectivity index (χ1) is 8.15. The lowest BCUT2D eigenvalue weighted by molar-refractivity contribution is -0.117. The maximum atomic E-state index is 11.8. The van der Waals surface area contributed by atoms with Crippen LogP contribution in [0, 0.1) is 0 Å². The van der Waals surface area contributed by atoms with Crippen LogP contribution in [0.4, 0.5) is 11.4 Å².